The standard InChI is InChI=1S/C7H12F3I/c1-5(2,8)7(9,10)6(3,4)11/h1-4H3. The van der Waals surface area contributed by atoms with E-state index in [1.165, 1.54) is 13.8 Å². The molecule has 0 aromatic carbocycles. The van der Waals surface area contributed by atoms with Crippen molar-refractivity contribution in [1.82, 2.24) is 0 Å². The molecule has 0 amide bonds. The van der Waals surface area contributed by atoms with Crippen LogP contribution in [0.4, 0.5) is 13.2 Å². The Hall–Kier alpha value is 0.520. The largest absolute Gasteiger partial charge is 0.294 e. The molecule has 0 rings (SSSR count). The molecule has 0 aliphatic heterocycles. The lowest BCUT2D eigenvalue weighted by atomic mass is 9.92. The Labute approximate surface area is 78.7 Å². The van der Waals surface area contributed by atoms with Crippen LogP contribution in [0.15, 0.2) is 0 Å². The van der Waals surface area contributed by atoms with Crippen molar-refractivity contribution in [3.63, 3.8) is 0 Å². The minimum absolute atomic E-state index is 0.896. The molecule has 68 valence electrons. The fraction of sp³-hybridized carbons (Fsp3) is 1.00. The summed E-state index contributed by atoms with van der Waals surface area (Å²) in [4.78, 5) is 0. The lowest BCUT2D eigenvalue weighted by molar-refractivity contribution is -0.134. The van der Waals surface area contributed by atoms with Gasteiger partial charge in [0.05, 0.1) is 3.42 Å². The quantitative estimate of drug-likeness (QED) is 0.535. The van der Waals surface area contributed by atoms with E-state index in [2.05, 4.69) is 0 Å². The molecule has 0 aliphatic rings. The number of alkyl halides is 4. The highest BCUT2D eigenvalue weighted by atomic mass is 127. The van der Waals surface area contributed by atoms with Crippen molar-refractivity contribution in [3.8, 4) is 0 Å². The van der Waals surface area contributed by atoms with E-state index in [0.29, 0.717) is 0 Å². The van der Waals surface area contributed by atoms with Gasteiger partial charge in [0.1, 0.15) is 0 Å². The molecule has 0 fully saturated rings. The molecule has 0 N–H and O–H groups in total. The van der Waals surface area contributed by atoms with Crippen LogP contribution in [0, 0.1) is 0 Å². The van der Waals surface area contributed by atoms with Crippen LogP contribution >= 0.6 is 22.6 Å². The molecule has 0 aromatic rings. The monoisotopic (exact) mass is 280 g/mol. The molecular weight excluding hydrogens is 268 g/mol. The van der Waals surface area contributed by atoms with Crippen LogP contribution < -0.4 is 0 Å². The van der Waals surface area contributed by atoms with Gasteiger partial charge in [0, 0.05) is 0 Å². The first kappa shape index (κ1) is 11.5. The molecule has 11 heavy (non-hydrogen) atoms. The van der Waals surface area contributed by atoms with E-state index in [1.54, 1.807) is 22.6 Å². The van der Waals surface area contributed by atoms with Gasteiger partial charge in [-0.15, -0.1) is 0 Å². The first-order valence-corrected chi connectivity index (χ1v) is 4.33. The molecule has 0 saturated carbocycles. The van der Waals surface area contributed by atoms with Gasteiger partial charge in [-0.3, -0.25) is 0 Å². The van der Waals surface area contributed by atoms with Gasteiger partial charge in [0.15, 0.2) is 5.67 Å². The van der Waals surface area contributed by atoms with E-state index in [-0.39, 0.29) is 0 Å². The van der Waals surface area contributed by atoms with E-state index >= 15 is 0 Å². The van der Waals surface area contributed by atoms with E-state index < -0.39 is 15.0 Å². The number of halogens is 4. The Morgan fingerprint density at radius 3 is 1.18 bits per heavy atom. The van der Waals surface area contributed by atoms with Crippen LogP contribution in [-0.4, -0.2) is 15.0 Å². The van der Waals surface area contributed by atoms with Crippen molar-refractivity contribution in [2.75, 3.05) is 0 Å². The third kappa shape index (κ3) is 2.23. The Bertz CT molecular complexity index is 125. The van der Waals surface area contributed by atoms with Crippen molar-refractivity contribution in [2.45, 2.75) is 42.7 Å². The Morgan fingerprint density at radius 1 is 0.909 bits per heavy atom. The second-order valence-corrected chi connectivity index (χ2v) is 6.22. The highest BCUT2D eigenvalue weighted by Crippen LogP contribution is 2.45. The number of hydrogen-bond acceptors (Lipinski definition) is 0. The maximum absolute atomic E-state index is 13.1. The summed E-state index contributed by atoms with van der Waals surface area (Å²) < 4.78 is 37.7. The van der Waals surface area contributed by atoms with Gasteiger partial charge in [0.2, 0.25) is 0 Å². The zero-order valence-corrected chi connectivity index (χ0v) is 9.17. The van der Waals surface area contributed by atoms with Gasteiger partial charge in [-0.25, -0.2) is 13.2 Å². The van der Waals surface area contributed by atoms with Gasteiger partial charge >= 0.3 is 0 Å². The van der Waals surface area contributed by atoms with E-state index in [0.717, 1.165) is 13.8 Å². The summed E-state index contributed by atoms with van der Waals surface area (Å²) >= 11 is 1.55. The van der Waals surface area contributed by atoms with Gasteiger partial charge in [-0.1, -0.05) is 22.6 Å². The van der Waals surface area contributed by atoms with Crippen molar-refractivity contribution in [2.24, 2.45) is 0 Å². The van der Waals surface area contributed by atoms with E-state index in [9.17, 15) is 13.2 Å². The minimum Gasteiger partial charge on any atom is -0.238 e. The highest BCUT2D eigenvalue weighted by Gasteiger charge is 2.57. The van der Waals surface area contributed by atoms with Gasteiger partial charge in [-0.05, 0) is 27.7 Å². The normalized spacial score (nSPS) is 15.3. The first-order valence-electron chi connectivity index (χ1n) is 3.26. The van der Waals surface area contributed by atoms with Crippen molar-refractivity contribution in [1.29, 1.82) is 0 Å². The average Bonchev–Trinajstić information content (AvgIpc) is 1.58. The third-order valence-corrected chi connectivity index (χ3v) is 2.17. The van der Waals surface area contributed by atoms with Gasteiger partial charge in [0.25, 0.3) is 5.92 Å². The fourth-order valence-electron chi connectivity index (χ4n) is 0.707. The number of hydrogen-bond donors (Lipinski definition) is 0. The van der Waals surface area contributed by atoms with E-state index in [4.69, 9.17) is 0 Å². The molecule has 0 spiro atoms. The predicted molar refractivity (Wildman–Crippen MR) is 48.2 cm³/mol. The second-order valence-electron chi connectivity index (χ2n) is 3.52. The van der Waals surface area contributed by atoms with Crippen LogP contribution in [0.25, 0.3) is 0 Å². The van der Waals surface area contributed by atoms with Crippen molar-refractivity contribution >= 4 is 22.6 Å². The lowest BCUT2D eigenvalue weighted by Gasteiger charge is -2.35. The van der Waals surface area contributed by atoms with Crippen molar-refractivity contribution in [3.05, 3.63) is 0 Å². The summed E-state index contributed by atoms with van der Waals surface area (Å²) in [7, 11) is 0. The molecule has 0 bridgehead atoms. The molecule has 0 atom stereocenters. The first-order chi connectivity index (χ1) is 4.50. The molecule has 0 radical (unpaired) electrons. The molecule has 0 unspecified atom stereocenters. The zero-order valence-electron chi connectivity index (χ0n) is 7.01. The topological polar surface area (TPSA) is 0 Å². The summed E-state index contributed by atoms with van der Waals surface area (Å²) in [5.41, 5.74) is -2.46. The average molecular weight is 280 g/mol. The molecule has 0 heterocycles. The lowest BCUT2D eigenvalue weighted by Crippen LogP contribution is -2.51. The van der Waals surface area contributed by atoms with Crippen LogP contribution in [0.1, 0.15) is 27.7 Å². The maximum Gasteiger partial charge on any atom is 0.294 e. The summed E-state index contributed by atoms with van der Waals surface area (Å²) in [6.07, 6.45) is 0. The fourth-order valence-corrected chi connectivity index (χ4v) is 1.35. The van der Waals surface area contributed by atoms with Crippen molar-refractivity contribution < 1.29 is 13.2 Å². The van der Waals surface area contributed by atoms with Gasteiger partial charge in [-0.2, -0.15) is 0 Å². The SMILES string of the molecule is CC(C)(F)C(F)(F)C(C)(C)I. The predicted octanol–water partition coefficient (Wildman–Crippen LogP) is 3.58. The minimum atomic E-state index is -3.30. The zero-order chi connectivity index (χ0) is 9.50. The van der Waals surface area contributed by atoms with Crippen LogP contribution in [0.2, 0.25) is 0 Å². The molecule has 4 heteroatoms. The third-order valence-electron chi connectivity index (χ3n) is 1.49. The summed E-state index contributed by atoms with van der Waals surface area (Å²) in [6.45, 7) is 4.42. The summed E-state index contributed by atoms with van der Waals surface area (Å²) in [6, 6.07) is 0. The molecule has 0 saturated heterocycles. The Balaban J connectivity index is 4.75. The van der Waals surface area contributed by atoms with E-state index in [1.807, 2.05) is 0 Å². The Morgan fingerprint density at radius 2 is 1.18 bits per heavy atom. The second kappa shape index (κ2) is 2.78. The number of rotatable bonds is 2. The van der Waals surface area contributed by atoms with Crippen LogP contribution in [-0.2, 0) is 0 Å². The summed E-state index contributed by atoms with van der Waals surface area (Å²) in [5, 5.41) is 0. The molecule has 0 aliphatic carbocycles. The van der Waals surface area contributed by atoms with Crippen LogP contribution in [0.5, 0.6) is 0 Å². The molecule has 0 aromatic heterocycles. The van der Waals surface area contributed by atoms with Crippen LogP contribution in [0.3, 0.4) is 0 Å². The Kier molecular flexibility index (Phi) is 2.91. The highest BCUT2D eigenvalue weighted by molar-refractivity contribution is 14.1. The molecular formula is C7H12F3I. The maximum atomic E-state index is 13.1. The smallest absolute Gasteiger partial charge is 0.238 e. The van der Waals surface area contributed by atoms with Gasteiger partial charge < -0.3 is 0 Å². The molecule has 0 nitrogen and oxygen atoms in total. The summed E-state index contributed by atoms with van der Waals surface area (Å²) in [5.74, 6) is -3.30.